The van der Waals surface area contributed by atoms with Crippen LogP contribution in [-0.2, 0) is 16.1 Å². The van der Waals surface area contributed by atoms with Gasteiger partial charge in [-0.25, -0.2) is 4.98 Å². The summed E-state index contributed by atoms with van der Waals surface area (Å²) in [5.41, 5.74) is 3.92. The molecule has 3 aromatic rings. The van der Waals surface area contributed by atoms with Crippen molar-refractivity contribution in [1.29, 1.82) is 0 Å². The number of oxime groups is 1. The predicted molar refractivity (Wildman–Crippen MR) is 133 cm³/mol. The number of likely N-dealkylation sites (tertiary alicyclic amines) is 1. The number of Topliss-reactive ketones (excluding diaryl/α,β-unsaturated/α-hetero) is 1. The number of benzene rings is 1. The fraction of sp³-hybridized carbons (Fsp3) is 0.444. The molecule has 36 heavy (non-hydrogen) atoms. The van der Waals surface area contributed by atoms with E-state index >= 15 is 0 Å². The minimum absolute atomic E-state index is 0.0293. The summed E-state index contributed by atoms with van der Waals surface area (Å²) in [5, 5.41) is 4.08. The summed E-state index contributed by atoms with van der Waals surface area (Å²) in [6.45, 7) is 6.23. The zero-order valence-electron chi connectivity index (χ0n) is 20.4. The number of hydrogen-bond donors (Lipinski definition) is 0. The van der Waals surface area contributed by atoms with Crippen molar-refractivity contribution in [2.24, 2.45) is 11.1 Å². The van der Waals surface area contributed by atoms with Crippen LogP contribution in [0.2, 0.25) is 0 Å². The van der Waals surface area contributed by atoms with Crippen molar-refractivity contribution in [3.63, 3.8) is 0 Å². The van der Waals surface area contributed by atoms with Crippen molar-refractivity contribution in [3.05, 3.63) is 59.9 Å². The van der Waals surface area contributed by atoms with Crippen LogP contribution in [0.5, 0.6) is 0 Å². The van der Waals surface area contributed by atoms with Gasteiger partial charge in [0.2, 0.25) is 0 Å². The smallest absolute Gasteiger partial charge is 0.389 e. The second kappa shape index (κ2) is 11.7. The van der Waals surface area contributed by atoms with Crippen LogP contribution in [-0.4, -0.2) is 58.7 Å². The van der Waals surface area contributed by atoms with Gasteiger partial charge in [0.05, 0.1) is 24.5 Å². The number of imidazole rings is 1. The third-order valence-electron chi connectivity index (χ3n) is 6.34. The molecular weight excluding hydrogens is 469 g/mol. The number of nitrogens with zero attached hydrogens (tertiary/aromatic N) is 4. The van der Waals surface area contributed by atoms with E-state index in [2.05, 4.69) is 22.0 Å². The molecule has 4 rings (SSSR count). The van der Waals surface area contributed by atoms with Crippen molar-refractivity contribution < 1.29 is 22.8 Å². The molecule has 0 spiro atoms. The average Bonchev–Trinajstić information content (AvgIpc) is 3.45. The Bertz CT molecular complexity index is 1210. The zero-order valence-corrected chi connectivity index (χ0v) is 20.4. The molecule has 0 radical (unpaired) electrons. The summed E-state index contributed by atoms with van der Waals surface area (Å²) >= 11 is 0. The fourth-order valence-corrected chi connectivity index (χ4v) is 4.46. The number of fused-ring (bicyclic) bond motifs is 1. The molecule has 6 nitrogen and oxygen atoms in total. The minimum atomic E-state index is -4.32. The van der Waals surface area contributed by atoms with Crippen molar-refractivity contribution in [2.75, 3.05) is 26.2 Å². The van der Waals surface area contributed by atoms with Gasteiger partial charge in [-0.2, -0.15) is 13.2 Å². The summed E-state index contributed by atoms with van der Waals surface area (Å²) in [7, 11) is 0. The van der Waals surface area contributed by atoms with Crippen LogP contribution in [0.25, 0.3) is 16.9 Å². The number of alkyl halides is 3. The Morgan fingerprint density at radius 2 is 2.14 bits per heavy atom. The molecule has 1 aliphatic rings. The van der Waals surface area contributed by atoms with Gasteiger partial charge in [-0.1, -0.05) is 30.3 Å². The number of pyridine rings is 1. The predicted octanol–water partition coefficient (Wildman–Crippen LogP) is 5.54. The first-order valence-electron chi connectivity index (χ1n) is 12.3. The highest BCUT2D eigenvalue weighted by atomic mass is 19.4. The highest BCUT2D eigenvalue weighted by Gasteiger charge is 2.27. The van der Waals surface area contributed by atoms with E-state index in [9.17, 15) is 18.0 Å². The zero-order chi connectivity index (χ0) is 25.5. The first-order valence-corrected chi connectivity index (χ1v) is 12.3. The molecule has 9 heteroatoms. The van der Waals surface area contributed by atoms with Crippen LogP contribution in [0.15, 0.2) is 53.9 Å². The molecule has 1 aromatic carbocycles. The number of aromatic nitrogens is 2. The van der Waals surface area contributed by atoms with Gasteiger partial charge in [0, 0.05) is 43.3 Å². The molecule has 1 saturated heterocycles. The van der Waals surface area contributed by atoms with Crippen molar-refractivity contribution >= 4 is 17.6 Å². The number of carbonyl (C=O) groups is 1. The summed E-state index contributed by atoms with van der Waals surface area (Å²) in [5.74, 6) is 0.353. The van der Waals surface area contributed by atoms with Gasteiger partial charge in [0.1, 0.15) is 18.0 Å². The Kier molecular flexibility index (Phi) is 8.40. The van der Waals surface area contributed by atoms with E-state index in [-0.39, 0.29) is 6.42 Å². The van der Waals surface area contributed by atoms with E-state index < -0.39 is 24.8 Å². The molecule has 0 saturated carbocycles. The molecule has 0 amide bonds. The molecule has 0 bridgehead atoms. The van der Waals surface area contributed by atoms with Crippen LogP contribution >= 0.6 is 0 Å². The molecule has 1 atom stereocenters. The Morgan fingerprint density at radius 1 is 1.28 bits per heavy atom. The van der Waals surface area contributed by atoms with Gasteiger partial charge in [0.15, 0.2) is 0 Å². The molecule has 1 fully saturated rings. The molecule has 2 aromatic heterocycles. The van der Waals surface area contributed by atoms with Crippen LogP contribution in [0.3, 0.4) is 0 Å². The molecular formula is C27H31F3N4O2. The quantitative estimate of drug-likeness (QED) is 0.197. The van der Waals surface area contributed by atoms with Crippen LogP contribution in [0.4, 0.5) is 13.2 Å². The fourth-order valence-electron chi connectivity index (χ4n) is 4.46. The molecule has 3 heterocycles. The largest absolute Gasteiger partial charge is 0.396 e. The second-order valence-corrected chi connectivity index (χ2v) is 9.48. The summed E-state index contributed by atoms with van der Waals surface area (Å²) in [4.78, 5) is 24.3. The first-order chi connectivity index (χ1) is 17.3. The van der Waals surface area contributed by atoms with Crippen molar-refractivity contribution in [3.8, 4) is 11.3 Å². The number of rotatable bonds is 11. The van der Waals surface area contributed by atoms with Gasteiger partial charge < -0.3 is 9.74 Å². The average molecular weight is 501 g/mol. The number of hydrogen-bond acceptors (Lipinski definition) is 5. The summed E-state index contributed by atoms with van der Waals surface area (Å²) in [6.07, 6.45) is 1.55. The Morgan fingerprint density at radius 3 is 2.92 bits per heavy atom. The van der Waals surface area contributed by atoms with Crippen molar-refractivity contribution in [1.82, 2.24) is 14.3 Å². The van der Waals surface area contributed by atoms with Gasteiger partial charge in [-0.3, -0.25) is 9.20 Å². The van der Waals surface area contributed by atoms with E-state index in [0.29, 0.717) is 12.2 Å². The Balaban J connectivity index is 1.33. The van der Waals surface area contributed by atoms with Crippen molar-refractivity contribution in [2.45, 2.75) is 45.2 Å². The maximum Gasteiger partial charge on any atom is 0.389 e. The molecule has 1 unspecified atom stereocenters. The van der Waals surface area contributed by atoms with E-state index in [4.69, 9.17) is 4.84 Å². The van der Waals surface area contributed by atoms with Gasteiger partial charge in [-0.15, -0.1) is 0 Å². The highest BCUT2D eigenvalue weighted by Crippen LogP contribution is 2.24. The second-order valence-electron chi connectivity index (χ2n) is 9.48. The third-order valence-corrected chi connectivity index (χ3v) is 6.34. The van der Waals surface area contributed by atoms with Gasteiger partial charge in [0.25, 0.3) is 0 Å². The first kappa shape index (κ1) is 25.9. The molecule has 0 N–H and O–H groups in total. The summed E-state index contributed by atoms with van der Waals surface area (Å²) < 4.78 is 39.1. The van der Waals surface area contributed by atoms with E-state index in [1.165, 1.54) is 19.5 Å². The van der Waals surface area contributed by atoms with E-state index in [1.54, 1.807) is 24.5 Å². The molecule has 0 aliphatic carbocycles. The monoisotopic (exact) mass is 500 g/mol. The van der Waals surface area contributed by atoms with E-state index in [0.717, 1.165) is 41.4 Å². The lowest BCUT2D eigenvalue weighted by Gasteiger charge is -2.13. The van der Waals surface area contributed by atoms with Gasteiger partial charge >= 0.3 is 6.18 Å². The molecule has 192 valence electrons. The topological polar surface area (TPSA) is 59.2 Å². The molecule has 1 aliphatic heterocycles. The standard InChI is InChI=1S/C27H31F3N4O2/c1-20-7-11-33(19-20)10-3-13-36-32-17-22-8-12-34-25(18-31-26(34)16-22)23-5-2-4-21(14-23)15-24(35)6-9-27(28,29)30/h2,4-5,8,12,14,16-18,20H,3,6-7,9-11,13,15,19H2,1H3. The highest BCUT2D eigenvalue weighted by molar-refractivity contribution is 5.82. The lowest BCUT2D eigenvalue weighted by atomic mass is 10.0. The third kappa shape index (κ3) is 7.40. The number of carbonyl (C=O) groups excluding carboxylic acids is 1. The number of halogens is 3. The lowest BCUT2D eigenvalue weighted by Crippen LogP contribution is -2.22. The number of ketones is 1. The van der Waals surface area contributed by atoms with Gasteiger partial charge in [-0.05, 0) is 49.1 Å². The Labute approximate surface area is 208 Å². The maximum atomic E-state index is 12.4. The maximum absolute atomic E-state index is 12.4. The Hall–Kier alpha value is -3.20. The summed E-state index contributed by atoms with van der Waals surface area (Å²) in [6, 6.07) is 11.1. The van der Waals surface area contributed by atoms with Crippen LogP contribution in [0.1, 0.15) is 43.7 Å². The normalized spacial score (nSPS) is 16.8. The lowest BCUT2D eigenvalue weighted by molar-refractivity contribution is -0.143. The minimum Gasteiger partial charge on any atom is -0.396 e. The van der Waals surface area contributed by atoms with Crippen LogP contribution < -0.4 is 0 Å². The SMILES string of the molecule is CC1CCN(CCCON=Cc2ccn3c(-c4cccc(CC(=O)CCC(F)(F)F)c4)cnc3c2)C1. The van der Waals surface area contributed by atoms with E-state index in [1.807, 2.05) is 34.9 Å². The van der Waals surface area contributed by atoms with Crippen LogP contribution in [0, 0.1) is 5.92 Å².